The van der Waals surface area contributed by atoms with E-state index >= 15 is 0 Å². The van der Waals surface area contributed by atoms with E-state index < -0.39 is 23.8 Å². The second-order valence-corrected chi connectivity index (χ2v) is 6.53. The smallest absolute Gasteiger partial charge is 0.295 e. The zero-order chi connectivity index (χ0) is 18.8. The third-order valence-electron chi connectivity index (χ3n) is 4.12. The minimum absolute atomic E-state index is 0.0361. The molecule has 1 aliphatic heterocycles. The molecule has 1 saturated heterocycles. The zero-order valence-corrected chi connectivity index (χ0v) is 14.7. The van der Waals surface area contributed by atoms with Crippen LogP contribution in [-0.2, 0) is 9.59 Å². The molecule has 1 aromatic heterocycles. The summed E-state index contributed by atoms with van der Waals surface area (Å²) in [5, 5.41) is 21.0. The van der Waals surface area contributed by atoms with Gasteiger partial charge in [-0.1, -0.05) is 17.7 Å². The van der Waals surface area contributed by atoms with Crippen LogP contribution in [0, 0.1) is 0 Å². The maximum Gasteiger partial charge on any atom is 0.295 e. The van der Waals surface area contributed by atoms with Gasteiger partial charge in [0.05, 0.1) is 17.7 Å². The van der Waals surface area contributed by atoms with E-state index in [1.165, 1.54) is 18.0 Å². The van der Waals surface area contributed by atoms with Crippen LogP contribution in [0.1, 0.15) is 24.1 Å². The largest absolute Gasteiger partial charge is 0.507 e. The summed E-state index contributed by atoms with van der Waals surface area (Å²) in [6.45, 7) is 1.49. The predicted molar refractivity (Wildman–Crippen MR) is 96.4 cm³/mol. The van der Waals surface area contributed by atoms with Gasteiger partial charge in [-0.25, -0.2) is 0 Å². The van der Waals surface area contributed by atoms with E-state index in [0.717, 1.165) is 0 Å². The molecule has 134 valence electrons. The number of Topliss-reactive ketones (excluding diaryl/α,β-unsaturated/α-hetero) is 1. The van der Waals surface area contributed by atoms with Gasteiger partial charge in [0.1, 0.15) is 5.76 Å². The lowest BCUT2D eigenvalue weighted by molar-refractivity contribution is -0.140. The van der Waals surface area contributed by atoms with E-state index in [2.05, 4.69) is 4.98 Å². The van der Waals surface area contributed by atoms with Gasteiger partial charge in [0.25, 0.3) is 11.7 Å². The summed E-state index contributed by atoms with van der Waals surface area (Å²) in [6, 6.07) is 8.88. The van der Waals surface area contributed by atoms with Crippen LogP contribution in [0.15, 0.2) is 54.4 Å². The van der Waals surface area contributed by atoms with Crippen molar-refractivity contribution in [3.05, 3.63) is 70.5 Å². The van der Waals surface area contributed by atoms with Crippen LogP contribution in [-0.4, -0.2) is 44.4 Å². The van der Waals surface area contributed by atoms with Crippen LogP contribution in [0.25, 0.3) is 5.76 Å². The first-order valence-corrected chi connectivity index (χ1v) is 8.40. The first kappa shape index (κ1) is 18.1. The highest BCUT2D eigenvalue weighted by atomic mass is 35.5. The van der Waals surface area contributed by atoms with Crippen molar-refractivity contribution in [1.29, 1.82) is 0 Å². The van der Waals surface area contributed by atoms with Gasteiger partial charge in [0.15, 0.2) is 0 Å². The molecule has 0 radical (unpaired) electrons. The number of likely N-dealkylation sites (tertiary alicyclic amines) is 1. The SMILES string of the molecule is C[C@H](O)CN1C(=O)C(=O)C(=C(O)c2ccc(Cl)cc2)[C@@H]1c1cccnc1. The van der Waals surface area contributed by atoms with Crippen LogP contribution >= 0.6 is 11.6 Å². The summed E-state index contributed by atoms with van der Waals surface area (Å²) in [6.07, 6.45) is 2.27. The standard InChI is InChI=1S/C19H17ClN2O4/c1-11(23)10-22-16(13-3-2-8-21-9-13)15(18(25)19(22)26)17(24)12-4-6-14(20)7-5-12/h2-9,11,16,23-24H,10H2,1H3/t11-,16-/m0/s1. The molecule has 6 nitrogen and oxygen atoms in total. The number of aliphatic hydroxyl groups is 2. The monoisotopic (exact) mass is 372 g/mol. The molecule has 2 atom stereocenters. The van der Waals surface area contributed by atoms with E-state index in [9.17, 15) is 19.8 Å². The van der Waals surface area contributed by atoms with Crippen molar-refractivity contribution in [2.75, 3.05) is 6.54 Å². The number of pyridine rings is 1. The molecule has 26 heavy (non-hydrogen) atoms. The van der Waals surface area contributed by atoms with Crippen molar-refractivity contribution < 1.29 is 19.8 Å². The molecule has 2 heterocycles. The summed E-state index contributed by atoms with van der Waals surface area (Å²) >= 11 is 5.87. The molecule has 1 aliphatic rings. The molecule has 0 saturated carbocycles. The van der Waals surface area contributed by atoms with Crippen molar-refractivity contribution in [1.82, 2.24) is 9.88 Å². The number of aromatic nitrogens is 1. The second kappa shape index (κ2) is 7.27. The van der Waals surface area contributed by atoms with E-state index in [1.807, 2.05) is 0 Å². The van der Waals surface area contributed by atoms with Gasteiger partial charge in [-0.3, -0.25) is 14.6 Å². The summed E-state index contributed by atoms with van der Waals surface area (Å²) < 4.78 is 0. The van der Waals surface area contributed by atoms with Crippen LogP contribution in [0.5, 0.6) is 0 Å². The molecule has 1 fully saturated rings. The average Bonchev–Trinajstić information content (AvgIpc) is 2.87. The van der Waals surface area contributed by atoms with Crippen LogP contribution in [0.2, 0.25) is 5.02 Å². The highest BCUT2D eigenvalue weighted by Gasteiger charge is 2.46. The third kappa shape index (κ3) is 3.34. The lowest BCUT2D eigenvalue weighted by atomic mass is 9.96. The summed E-state index contributed by atoms with van der Waals surface area (Å²) in [4.78, 5) is 30.4. The van der Waals surface area contributed by atoms with Gasteiger partial charge < -0.3 is 15.1 Å². The van der Waals surface area contributed by atoms with E-state index in [1.54, 1.807) is 42.6 Å². The van der Waals surface area contributed by atoms with Crippen molar-refractivity contribution in [2.45, 2.75) is 19.1 Å². The highest BCUT2D eigenvalue weighted by Crippen LogP contribution is 2.39. The van der Waals surface area contributed by atoms with Crippen molar-refractivity contribution in [3.63, 3.8) is 0 Å². The molecule has 2 N–H and O–H groups in total. The third-order valence-corrected chi connectivity index (χ3v) is 4.37. The first-order valence-electron chi connectivity index (χ1n) is 8.02. The molecule has 1 aromatic carbocycles. The Hall–Kier alpha value is -2.70. The van der Waals surface area contributed by atoms with E-state index in [0.29, 0.717) is 16.1 Å². The Morgan fingerprint density at radius 1 is 1.27 bits per heavy atom. The Morgan fingerprint density at radius 2 is 1.96 bits per heavy atom. The Morgan fingerprint density at radius 3 is 2.54 bits per heavy atom. The van der Waals surface area contributed by atoms with Gasteiger partial charge in [-0.15, -0.1) is 0 Å². The fourth-order valence-electron chi connectivity index (χ4n) is 3.00. The topological polar surface area (TPSA) is 90.7 Å². The minimum Gasteiger partial charge on any atom is -0.507 e. The molecule has 0 bridgehead atoms. The quantitative estimate of drug-likeness (QED) is 0.489. The normalized spacial score (nSPS) is 20.4. The van der Waals surface area contributed by atoms with Crippen molar-refractivity contribution in [2.24, 2.45) is 0 Å². The summed E-state index contributed by atoms with van der Waals surface area (Å²) in [7, 11) is 0. The Bertz CT molecular complexity index is 863. The second-order valence-electron chi connectivity index (χ2n) is 6.09. The van der Waals surface area contributed by atoms with Crippen LogP contribution in [0.3, 0.4) is 0 Å². The number of ketones is 1. The van der Waals surface area contributed by atoms with Gasteiger partial charge in [0, 0.05) is 29.5 Å². The van der Waals surface area contributed by atoms with Gasteiger partial charge >= 0.3 is 0 Å². The molecule has 0 spiro atoms. The molecular weight excluding hydrogens is 356 g/mol. The van der Waals surface area contributed by atoms with E-state index in [-0.39, 0.29) is 17.9 Å². The van der Waals surface area contributed by atoms with Gasteiger partial charge in [-0.05, 0) is 42.8 Å². The number of hydrogen-bond acceptors (Lipinski definition) is 5. The summed E-state index contributed by atoms with van der Waals surface area (Å²) in [5.41, 5.74) is 0.909. The number of aliphatic hydroxyl groups excluding tert-OH is 2. The number of nitrogens with zero attached hydrogens (tertiary/aromatic N) is 2. The van der Waals surface area contributed by atoms with Crippen LogP contribution < -0.4 is 0 Å². The molecule has 3 rings (SSSR count). The number of β-amino-alcohol motifs (C(OH)–C–C–N with tert-alkyl or cyclic N) is 1. The molecule has 0 aliphatic carbocycles. The lowest BCUT2D eigenvalue weighted by Crippen LogP contribution is -2.35. The van der Waals surface area contributed by atoms with E-state index in [4.69, 9.17) is 11.6 Å². The van der Waals surface area contributed by atoms with Gasteiger partial charge in [0.2, 0.25) is 0 Å². The number of amides is 1. The lowest BCUT2D eigenvalue weighted by Gasteiger charge is -2.26. The average molecular weight is 373 g/mol. The number of carbonyl (C=O) groups is 2. The molecule has 2 aromatic rings. The molecule has 0 unspecified atom stereocenters. The maximum absolute atomic E-state index is 12.6. The number of halogens is 1. The van der Waals surface area contributed by atoms with Crippen LogP contribution in [0.4, 0.5) is 0 Å². The van der Waals surface area contributed by atoms with Crippen molar-refractivity contribution in [3.8, 4) is 0 Å². The van der Waals surface area contributed by atoms with Crippen molar-refractivity contribution >= 4 is 29.1 Å². The van der Waals surface area contributed by atoms with Gasteiger partial charge in [-0.2, -0.15) is 0 Å². The summed E-state index contributed by atoms with van der Waals surface area (Å²) in [5.74, 6) is -1.86. The highest BCUT2D eigenvalue weighted by molar-refractivity contribution is 6.46. The minimum atomic E-state index is -0.831. The Labute approximate surface area is 155 Å². The fraction of sp³-hybridized carbons (Fsp3) is 0.211. The zero-order valence-electron chi connectivity index (χ0n) is 14.0. The number of hydrogen-bond donors (Lipinski definition) is 2. The molecular formula is C19H17ClN2O4. The molecule has 1 amide bonds. The number of rotatable bonds is 4. The maximum atomic E-state index is 12.6. The first-order chi connectivity index (χ1) is 12.4. The predicted octanol–water partition coefficient (Wildman–Crippen LogP) is 2.54. The fourth-order valence-corrected chi connectivity index (χ4v) is 3.13. The molecule has 7 heteroatoms. The number of benzene rings is 1. The number of carbonyl (C=O) groups excluding carboxylic acids is 2. The Kier molecular flexibility index (Phi) is 5.06. The Balaban J connectivity index is 2.17.